The number of urea groups is 1. The van der Waals surface area contributed by atoms with E-state index in [9.17, 15) is 9.59 Å². The number of anilines is 2. The molecule has 0 spiro atoms. The third kappa shape index (κ3) is 4.18. The number of carbonyl (C=O) groups excluding carboxylic acids is 2. The molecule has 0 aliphatic heterocycles. The van der Waals surface area contributed by atoms with Gasteiger partial charge in [0.2, 0.25) is 0 Å². The van der Waals surface area contributed by atoms with Gasteiger partial charge in [-0.1, -0.05) is 18.2 Å². The SMILES string of the molecule is CC(=O)c1cccc(NC(=O)Nc2cc(C)cc(C)c2)c1. The van der Waals surface area contributed by atoms with E-state index in [1.165, 1.54) is 6.92 Å². The molecule has 0 aromatic heterocycles. The number of aryl methyl sites for hydroxylation is 2. The molecule has 108 valence electrons. The number of hydrogen-bond donors (Lipinski definition) is 2. The minimum atomic E-state index is -0.333. The van der Waals surface area contributed by atoms with E-state index in [-0.39, 0.29) is 11.8 Å². The summed E-state index contributed by atoms with van der Waals surface area (Å²) in [5.41, 5.74) is 4.07. The van der Waals surface area contributed by atoms with Crippen molar-refractivity contribution in [1.29, 1.82) is 0 Å². The van der Waals surface area contributed by atoms with Crippen molar-refractivity contribution in [3.05, 3.63) is 59.2 Å². The van der Waals surface area contributed by atoms with Crippen LogP contribution in [0, 0.1) is 13.8 Å². The zero-order valence-corrected chi connectivity index (χ0v) is 12.4. The summed E-state index contributed by atoms with van der Waals surface area (Å²) < 4.78 is 0. The molecule has 0 atom stereocenters. The highest BCUT2D eigenvalue weighted by molar-refractivity contribution is 6.01. The van der Waals surface area contributed by atoms with Gasteiger partial charge in [0.05, 0.1) is 0 Å². The molecule has 0 unspecified atom stereocenters. The van der Waals surface area contributed by atoms with Crippen molar-refractivity contribution in [2.24, 2.45) is 0 Å². The van der Waals surface area contributed by atoms with Crippen molar-refractivity contribution in [3.8, 4) is 0 Å². The number of rotatable bonds is 3. The highest BCUT2D eigenvalue weighted by Crippen LogP contribution is 2.15. The molecular formula is C17H18N2O2. The Bertz CT molecular complexity index is 673. The largest absolute Gasteiger partial charge is 0.323 e. The average Bonchev–Trinajstić information content (AvgIpc) is 2.37. The molecule has 0 heterocycles. The minimum Gasteiger partial charge on any atom is -0.308 e. The summed E-state index contributed by atoms with van der Waals surface area (Å²) in [6.07, 6.45) is 0. The van der Waals surface area contributed by atoms with Crippen LogP contribution in [0.3, 0.4) is 0 Å². The van der Waals surface area contributed by atoms with Crippen LogP contribution in [0.1, 0.15) is 28.4 Å². The number of Topliss-reactive ketones (excluding diaryl/α,β-unsaturated/α-hetero) is 1. The lowest BCUT2D eigenvalue weighted by Gasteiger charge is -2.10. The lowest BCUT2D eigenvalue weighted by Crippen LogP contribution is -2.19. The summed E-state index contributed by atoms with van der Waals surface area (Å²) in [5, 5.41) is 5.51. The van der Waals surface area contributed by atoms with Gasteiger partial charge in [0, 0.05) is 16.9 Å². The van der Waals surface area contributed by atoms with Gasteiger partial charge in [0.25, 0.3) is 0 Å². The van der Waals surface area contributed by atoms with E-state index in [1.54, 1.807) is 24.3 Å². The van der Waals surface area contributed by atoms with Crippen LogP contribution in [0.25, 0.3) is 0 Å². The molecular weight excluding hydrogens is 264 g/mol. The van der Waals surface area contributed by atoms with Gasteiger partial charge in [-0.25, -0.2) is 4.79 Å². The lowest BCUT2D eigenvalue weighted by molar-refractivity contribution is 0.101. The number of carbonyl (C=O) groups is 2. The van der Waals surface area contributed by atoms with Crippen LogP contribution < -0.4 is 10.6 Å². The molecule has 2 rings (SSSR count). The lowest BCUT2D eigenvalue weighted by atomic mass is 10.1. The first-order valence-electron chi connectivity index (χ1n) is 6.71. The molecule has 0 fully saturated rings. The van der Waals surface area contributed by atoms with E-state index in [0.717, 1.165) is 16.8 Å². The first kappa shape index (κ1) is 14.8. The Morgan fingerprint density at radius 1 is 0.857 bits per heavy atom. The maximum atomic E-state index is 12.0. The van der Waals surface area contributed by atoms with Crippen molar-refractivity contribution < 1.29 is 9.59 Å². The molecule has 4 nitrogen and oxygen atoms in total. The number of ketones is 1. The van der Waals surface area contributed by atoms with Crippen LogP contribution in [0.2, 0.25) is 0 Å². The summed E-state index contributed by atoms with van der Waals surface area (Å²) in [6.45, 7) is 5.45. The summed E-state index contributed by atoms with van der Waals surface area (Å²) in [5.74, 6) is -0.0339. The van der Waals surface area contributed by atoms with Crippen LogP contribution >= 0.6 is 0 Å². The molecule has 21 heavy (non-hydrogen) atoms. The van der Waals surface area contributed by atoms with Crippen molar-refractivity contribution in [1.82, 2.24) is 0 Å². The van der Waals surface area contributed by atoms with E-state index >= 15 is 0 Å². The third-order valence-electron chi connectivity index (χ3n) is 3.01. The van der Waals surface area contributed by atoms with Gasteiger partial charge < -0.3 is 10.6 Å². The maximum Gasteiger partial charge on any atom is 0.323 e. The Morgan fingerprint density at radius 3 is 2.10 bits per heavy atom. The molecule has 0 aliphatic carbocycles. The van der Waals surface area contributed by atoms with E-state index in [1.807, 2.05) is 32.0 Å². The van der Waals surface area contributed by atoms with Crippen LogP contribution in [-0.4, -0.2) is 11.8 Å². The van der Waals surface area contributed by atoms with Gasteiger partial charge in [-0.05, 0) is 56.2 Å². The number of hydrogen-bond acceptors (Lipinski definition) is 2. The van der Waals surface area contributed by atoms with Crippen LogP contribution in [0.15, 0.2) is 42.5 Å². The van der Waals surface area contributed by atoms with Gasteiger partial charge in [0.15, 0.2) is 5.78 Å². The smallest absolute Gasteiger partial charge is 0.308 e. The van der Waals surface area contributed by atoms with Crippen molar-refractivity contribution in [2.45, 2.75) is 20.8 Å². The van der Waals surface area contributed by atoms with Crippen LogP contribution in [-0.2, 0) is 0 Å². The molecule has 0 saturated carbocycles. The van der Waals surface area contributed by atoms with Crippen molar-refractivity contribution in [3.63, 3.8) is 0 Å². The Morgan fingerprint density at radius 2 is 1.48 bits per heavy atom. The molecule has 2 amide bonds. The summed E-state index contributed by atoms with van der Waals surface area (Å²) in [6, 6.07) is 12.4. The zero-order chi connectivity index (χ0) is 15.4. The zero-order valence-electron chi connectivity index (χ0n) is 12.4. The van der Waals surface area contributed by atoms with E-state index in [4.69, 9.17) is 0 Å². The predicted octanol–water partition coefficient (Wildman–Crippen LogP) is 4.15. The highest BCUT2D eigenvalue weighted by atomic mass is 16.2. The molecule has 2 aromatic carbocycles. The third-order valence-corrected chi connectivity index (χ3v) is 3.01. The van der Waals surface area contributed by atoms with Gasteiger partial charge in [-0.15, -0.1) is 0 Å². The van der Waals surface area contributed by atoms with Gasteiger partial charge in [-0.3, -0.25) is 4.79 Å². The molecule has 0 bridgehead atoms. The van der Waals surface area contributed by atoms with Crippen LogP contribution in [0.4, 0.5) is 16.2 Å². The van der Waals surface area contributed by atoms with E-state index in [2.05, 4.69) is 10.6 Å². The fourth-order valence-corrected chi connectivity index (χ4v) is 2.16. The first-order valence-corrected chi connectivity index (χ1v) is 6.71. The Labute approximate surface area is 124 Å². The molecule has 2 aromatic rings. The monoisotopic (exact) mass is 282 g/mol. The fourth-order valence-electron chi connectivity index (χ4n) is 2.16. The molecule has 4 heteroatoms. The fraction of sp³-hybridized carbons (Fsp3) is 0.176. The second kappa shape index (κ2) is 6.22. The quantitative estimate of drug-likeness (QED) is 0.831. The van der Waals surface area contributed by atoms with Gasteiger partial charge >= 0.3 is 6.03 Å². The van der Waals surface area contributed by atoms with Crippen molar-refractivity contribution >= 4 is 23.2 Å². The normalized spacial score (nSPS) is 10.0. The number of benzene rings is 2. The second-order valence-corrected chi connectivity index (χ2v) is 5.09. The topological polar surface area (TPSA) is 58.2 Å². The van der Waals surface area contributed by atoms with Gasteiger partial charge in [-0.2, -0.15) is 0 Å². The average molecular weight is 282 g/mol. The summed E-state index contributed by atoms with van der Waals surface area (Å²) >= 11 is 0. The van der Waals surface area contributed by atoms with Crippen molar-refractivity contribution in [2.75, 3.05) is 10.6 Å². The highest BCUT2D eigenvalue weighted by Gasteiger charge is 2.05. The summed E-state index contributed by atoms with van der Waals surface area (Å²) in [7, 11) is 0. The minimum absolute atomic E-state index is 0.0339. The molecule has 0 aliphatic rings. The Balaban J connectivity index is 2.08. The van der Waals surface area contributed by atoms with Crippen LogP contribution in [0.5, 0.6) is 0 Å². The Kier molecular flexibility index (Phi) is 4.38. The number of nitrogens with one attached hydrogen (secondary N) is 2. The standard InChI is InChI=1S/C17H18N2O2/c1-11-7-12(2)9-16(8-11)19-17(21)18-15-6-4-5-14(10-15)13(3)20/h4-10H,1-3H3,(H2,18,19,21). The molecule has 0 saturated heterocycles. The molecule has 2 N–H and O–H groups in total. The predicted molar refractivity (Wildman–Crippen MR) is 85.0 cm³/mol. The van der Waals surface area contributed by atoms with E-state index < -0.39 is 0 Å². The molecule has 0 radical (unpaired) electrons. The van der Waals surface area contributed by atoms with Gasteiger partial charge in [0.1, 0.15) is 0 Å². The Hall–Kier alpha value is -2.62. The second-order valence-electron chi connectivity index (χ2n) is 5.09. The number of amides is 2. The first-order chi connectivity index (χ1) is 9.94. The maximum absolute atomic E-state index is 12.0. The summed E-state index contributed by atoms with van der Waals surface area (Å²) in [4.78, 5) is 23.3. The van der Waals surface area contributed by atoms with E-state index in [0.29, 0.717) is 11.3 Å².